The lowest BCUT2D eigenvalue weighted by molar-refractivity contribution is 0.142. The minimum Gasteiger partial charge on any atom is -0.449 e. The molecular weight excluding hydrogens is 268 g/mol. The summed E-state index contributed by atoms with van der Waals surface area (Å²) in [6.45, 7) is 1.92. The van der Waals surface area contributed by atoms with Crippen LogP contribution in [-0.2, 0) is 0 Å². The van der Waals surface area contributed by atoms with Gasteiger partial charge in [-0.1, -0.05) is 35.9 Å². The number of nitrogens with two attached hydrogens (primary N) is 1. The Morgan fingerprint density at radius 2 is 2.11 bits per heavy atom. The number of benzene rings is 1. The number of aryl methyl sites for hydroxylation is 1. The van der Waals surface area contributed by atoms with E-state index in [0.717, 1.165) is 11.1 Å². The third-order valence-electron chi connectivity index (χ3n) is 2.56. The monoisotopic (exact) mass is 278 g/mol. The van der Waals surface area contributed by atoms with Gasteiger partial charge >= 0.3 is 6.16 Å². The van der Waals surface area contributed by atoms with Gasteiger partial charge in [0.25, 0.3) is 0 Å². The van der Waals surface area contributed by atoms with E-state index in [1.54, 1.807) is 6.07 Å². The highest BCUT2D eigenvalue weighted by Gasteiger charge is 2.15. The molecule has 1 heterocycles. The Kier molecular flexibility index (Phi) is 3.57. The van der Waals surface area contributed by atoms with Crippen molar-refractivity contribution in [1.82, 2.24) is 4.98 Å². The number of aromatic nitrogens is 1. The molecule has 0 fully saturated rings. The fraction of sp³-hybridized carbons (Fsp3) is 0.0769. The molecule has 0 unspecified atom stereocenters. The van der Waals surface area contributed by atoms with E-state index >= 15 is 0 Å². The molecule has 2 aromatic rings. The number of hydrogen-bond acceptors (Lipinski definition) is 4. The largest absolute Gasteiger partial charge is 0.512 e. The maximum absolute atomic E-state index is 10.6. The smallest absolute Gasteiger partial charge is 0.449 e. The maximum Gasteiger partial charge on any atom is 0.512 e. The van der Waals surface area contributed by atoms with Crippen molar-refractivity contribution in [3.8, 4) is 17.1 Å². The van der Waals surface area contributed by atoms with Gasteiger partial charge in [-0.05, 0) is 18.6 Å². The first-order valence-corrected chi connectivity index (χ1v) is 5.79. The van der Waals surface area contributed by atoms with E-state index in [0.29, 0.717) is 5.69 Å². The van der Waals surface area contributed by atoms with E-state index in [2.05, 4.69) is 9.72 Å². The van der Waals surface area contributed by atoms with E-state index in [4.69, 9.17) is 22.4 Å². The number of halogens is 1. The summed E-state index contributed by atoms with van der Waals surface area (Å²) in [4.78, 5) is 14.7. The van der Waals surface area contributed by atoms with E-state index in [1.165, 1.54) is 0 Å². The number of carboxylic acid groups (broad SMARTS) is 1. The first-order chi connectivity index (χ1) is 8.99. The Bertz CT molecular complexity index is 644. The molecule has 1 aromatic carbocycles. The topological polar surface area (TPSA) is 85.4 Å². The number of ether oxygens (including phenoxy) is 1. The molecule has 1 aromatic heterocycles. The molecule has 0 aliphatic carbocycles. The Balaban J connectivity index is 2.57. The number of pyridine rings is 1. The minimum atomic E-state index is -1.49. The van der Waals surface area contributed by atoms with Gasteiger partial charge in [0.1, 0.15) is 5.02 Å². The lowest BCUT2D eigenvalue weighted by Crippen LogP contribution is -2.06. The maximum atomic E-state index is 10.6. The van der Waals surface area contributed by atoms with Crippen LogP contribution in [0.4, 0.5) is 10.5 Å². The van der Waals surface area contributed by atoms with Gasteiger partial charge in [0, 0.05) is 5.56 Å². The molecule has 0 aliphatic heterocycles. The van der Waals surface area contributed by atoms with Gasteiger partial charge in [0.2, 0.25) is 5.88 Å². The Labute approximate surface area is 114 Å². The van der Waals surface area contributed by atoms with Crippen LogP contribution < -0.4 is 10.5 Å². The molecular formula is C13H11ClN2O3. The van der Waals surface area contributed by atoms with Crippen LogP contribution in [0.5, 0.6) is 5.88 Å². The fourth-order valence-electron chi connectivity index (χ4n) is 1.67. The zero-order valence-corrected chi connectivity index (χ0v) is 10.8. The van der Waals surface area contributed by atoms with Crippen molar-refractivity contribution in [1.29, 1.82) is 0 Å². The predicted octanol–water partition coefficient (Wildman–Crippen LogP) is 3.35. The number of anilines is 1. The Morgan fingerprint density at radius 3 is 2.74 bits per heavy atom. The number of rotatable bonds is 2. The second-order valence-electron chi connectivity index (χ2n) is 3.90. The Hall–Kier alpha value is -2.27. The van der Waals surface area contributed by atoms with Crippen molar-refractivity contribution >= 4 is 23.4 Å². The minimum absolute atomic E-state index is 0.0141. The molecule has 0 amide bonds. The predicted molar refractivity (Wildman–Crippen MR) is 72.5 cm³/mol. The van der Waals surface area contributed by atoms with Crippen molar-refractivity contribution in [2.75, 3.05) is 5.73 Å². The first kappa shape index (κ1) is 13.2. The van der Waals surface area contributed by atoms with E-state index in [9.17, 15) is 4.79 Å². The summed E-state index contributed by atoms with van der Waals surface area (Å²) in [6.07, 6.45) is -1.49. The standard InChI is InChI=1S/C13H11ClN2O3/c1-7-4-2-3-5-8(7)10-6-9(15)11(14)12(16-10)19-13(17)18/h2-6H,1H3,(H2,15,16)(H,17,18). The summed E-state index contributed by atoms with van der Waals surface area (Å²) in [5.74, 6) is -0.215. The van der Waals surface area contributed by atoms with Gasteiger partial charge in [-0.3, -0.25) is 0 Å². The van der Waals surface area contributed by atoms with Gasteiger partial charge in [-0.25, -0.2) is 9.78 Å². The molecule has 0 bridgehead atoms. The summed E-state index contributed by atoms with van der Waals surface area (Å²) >= 11 is 5.86. The summed E-state index contributed by atoms with van der Waals surface area (Å²) < 4.78 is 4.52. The third-order valence-corrected chi connectivity index (χ3v) is 2.94. The van der Waals surface area contributed by atoms with Gasteiger partial charge in [0.05, 0.1) is 11.4 Å². The zero-order chi connectivity index (χ0) is 14.0. The second kappa shape index (κ2) is 5.16. The molecule has 98 valence electrons. The highest BCUT2D eigenvalue weighted by molar-refractivity contribution is 6.34. The van der Waals surface area contributed by atoms with Crippen molar-refractivity contribution in [3.63, 3.8) is 0 Å². The lowest BCUT2D eigenvalue weighted by atomic mass is 10.1. The zero-order valence-electron chi connectivity index (χ0n) is 10.1. The lowest BCUT2D eigenvalue weighted by Gasteiger charge is -2.10. The second-order valence-corrected chi connectivity index (χ2v) is 4.28. The van der Waals surface area contributed by atoms with E-state index in [1.807, 2.05) is 31.2 Å². The number of nitrogens with zero attached hydrogens (tertiary/aromatic N) is 1. The Morgan fingerprint density at radius 1 is 1.42 bits per heavy atom. The first-order valence-electron chi connectivity index (χ1n) is 5.42. The van der Waals surface area contributed by atoms with Crippen LogP contribution in [0.25, 0.3) is 11.3 Å². The average molecular weight is 279 g/mol. The molecule has 0 aliphatic rings. The van der Waals surface area contributed by atoms with Gasteiger partial charge in [-0.15, -0.1) is 0 Å². The van der Waals surface area contributed by atoms with Crippen molar-refractivity contribution in [2.45, 2.75) is 6.92 Å². The van der Waals surface area contributed by atoms with Crippen LogP contribution in [0.1, 0.15) is 5.56 Å². The normalized spacial score (nSPS) is 10.2. The highest BCUT2D eigenvalue weighted by atomic mass is 35.5. The molecule has 0 radical (unpaired) electrons. The fourth-order valence-corrected chi connectivity index (χ4v) is 1.81. The van der Waals surface area contributed by atoms with Crippen LogP contribution in [0.15, 0.2) is 30.3 Å². The van der Waals surface area contributed by atoms with Crippen molar-refractivity contribution in [3.05, 3.63) is 40.9 Å². The highest BCUT2D eigenvalue weighted by Crippen LogP contribution is 2.33. The van der Waals surface area contributed by atoms with Crippen molar-refractivity contribution in [2.24, 2.45) is 0 Å². The molecule has 6 heteroatoms. The summed E-state index contributed by atoms with van der Waals surface area (Å²) in [7, 11) is 0. The third kappa shape index (κ3) is 2.77. The summed E-state index contributed by atoms with van der Waals surface area (Å²) in [6, 6.07) is 9.10. The van der Waals surface area contributed by atoms with E-state index < -0.39 is 6.16 Å². The molecule has 19 heavy (non-hydrogen) atoms. The summed E-state index contributed by atoms with van der Waals surface area (Å²) in [5, 5.41) is 8.62. The number of carbonyl (C=O) groups is 1. The van der Waals surface area contributed by atoms with Crippen LogP contribution in [0.3, 0.4) is 0 Å². The number of hydrogen-bond donors (Lipinski definition) is 2. The van der Waals surface area contributed by atoms with Gasteiger partial charge in [0.15, 0.2) is 0 Å². The van der Waals surface area contributed by atoms with Crippen molar-refractivity contribution < 1.29 is 14.6 Å². The molecule has 0 atom stereocenters. The molecule has 3 N–H and O–H groups in total. The van der Waals surface area contributed by atoms with Crippen LogP contribution >= 0.6 is 11.6 Å². The van der Waals surface area contributed by atoms with Crippen LogP contribution in [0, 0.1) is 6.92 Å². The van der Waals surface area contributed by atoms with Crippen LogP contribution in [0.2, 0.25) is 5.02 Å². The van der Waals surface area contributed by atoms with Gasteiger partial charge < -0.3 is 15.6 Å². The molecule has 5 nitrogen and oxygen atoms in total. The van der Waals surface area contributed by atoms with Crippen LogP contribution in [-0.4, -0.2) is 16.2 Å². The quantitative estimate of drug-likeness (QED) is 0.823. The average Bonchev–Trinajstić information content (AvgIpc) is 2.35. The van der Waals surface area contributed by atoms with E-state index in [-0.39, 0.29) is 16.6 Å². The number of nitrogen functional groups attached to an aromatic ring is 1. The molecule has 0 saturated heterocycles. The SMILES string of the molecule is Cc1ccccc1-c1cc(N)c(Cl)c(OC(=O)O)n1. The molecule has 2 rings (SSSR count). The molecule has 0 saturated carbocycles. The molecule has 0 spiro atoms. The summed E-state index contributed by atoms with van der Waals surface area (Å²) in [5.41, 5.74) is 8.28. The van der Waals surface area contributed by atoms with Gasteiger partial charge in [-0.2, -0.15) is 0 Å².